The lowest BCUT2D eigenvalue weighted by Crippen LogP contribution is -2.06. The Morgan fingerprint density at radius 1 is 1.10 bits per heavy atom. The summed E-state index contributed by atoms with van der Waals surface area (Å²) in [5, 5.41) is 12.0. The number of aromatic nitrogens is 3. The lowest BCUT2D eigenvalue weighted by Gasteiger charge is -2.11. The number of nitrogens with two attached hydrogens (primary N) is 2. The Bertz CT molecular complexity index is 1230. The first-order valence-corrected chi connectivity index (χ1v) is 10.0. The van der Waals surface area contributed by atoms with E-state index in [4.69, 9.17) is 16.5 Å². The topological polar surface area (TPSA) is 126 Å². The van der Waals surface area contributed by atoms with Crippen LogP contribution in [0, 0.1) is 10.1 Å². The highest BCUT2D eigenvalue weighted by Crippen LogP contribution is 2.32. The van der Waals surface area contributed by atoms with E-state index >= 15 is 0 Å². The molecule has 2 aromatic heterocycles. The third kappa shape index (κ3) is 3.57. The van der Waals surface area contributed by atoms with Crippen LogP contribution < -0.4 is 11.5 Å². The fourth-order valence-corrected chi connectivity index (χ4v) is 3.72. The summed E-state index contributed by atoms with van der Waals surface area (Å²) in [6.07, 6.45) is 2.82. The molecule has 4 rings (SSSR count). The fourth-order valence-electron chi connectivity index (χ4n) is 3.72. The molecule has 0 spiro atoms. The maximum Gasteiger partial charge on any atom is 0.270 e. The first-order chi connectivity index (χ1) is 14.5. The Labute approximate surface area is 173 Å². The van der Waals surface area contributed by atoms with Crippen LogP contribution >= 0.6 is 0 Å². The number of fused-ring (bicyclic) bond motifs is 3. The van der Waals surface area contributed by atoms with E-state index in [1.807, 2.05) is 24.3 Å². The average molecular weight is 404 g/mol. The summed E-state index contributed by atoms with van der Waals surface area (Å²) in [6.45, 7) is 3.21. The summed E-state index contributed by atoms with van der Waals surface area (Å²) in [5.74, 6) is 1.24. The predicted molar refractivity (Wildman–Crippen MR) is 118 cm³/mol. The second-order valence-corrected chi connectivity index (χ2v) is 7.39. The van der Waals surface area contributed by atoms with E-state index in [1.165, 1.54) is 6.07 Å². The highest BCUT2D eigenvalue weighted by Gasteiger charge is 2.19. The van der Waals surface area contributed by atoms with Gasteiger partial charge < -0.3 is 16.0 Å². The molecule has 0 amide bonds. The molecular formula is C22H24N6O2. The number of hydrogen-bond donors (Lipinski definition) is 2. The Balaban J connectivity index is 1.96. The van der Waals surface area contributed by atoms with E-state index in [2.05, 4.69) is 16.5 Å². The molecule has 0 atom stereocenters. The van der Waals surface area contributed by atoms with E-state index in [0.717, 1.165) is 41.7 Å². The lowest BCUT2D eigenvalue weighted by molar-refractivity contribution is -0.384. The molecule has 30 heavy (non-hydrogen) atoms. The number of nitro groups is 1. The summed E-state index contributed by atoms with van der Waals surface area (Å²) in [7, 11) is 0. The summed E-state index contributed by atoms with van der Waals surface area (Å²) in [4.78, 5) is 20.2. The van der Waals surface area contributed by atoms with Crippen LogP contribution in [-0.2, 0) is 19.5 Å². The predicted octanol–water partition coefficient (Wildman–Crippen LogP) is 3.92. The Morgan fingerprint density at radius 2 is 1.83 bits per heavy atom. The van der Waals surface area contributed by atoms with Crippen LogP contribution in [0.1, 0.15) is 36.7 Å². The maximum atomic E-state index is 11.4. The molecule has 2 aromatic carbocycles. The van der Waals surface area contributed by atoms with Crippen molar-refractivity contribution in [1.82, 2.24) is 14.5 Å². The second kappa shape index (κ2) is 8.08. The normalized spacial score (nSPS) is 11.4. The summed E-state index contributed by atoms with van der Waals surface area (Å²) in [6, 6.07) is 12.8. The van der Waals surface area contributed by atoms with Crippen molar-refractivity contribution in [3.8, 4) is 0 Å². The molecule has 0 unspecified atom stereocenters. The van der Waals surface area contributed by atoms with E-state index in [-0.39, 0.29) is 5.69 Å². The maximum absolute atomic E-state index is 11.4. The van der Waals surface area contributed by atoms with Crippen LogP contribution in [0.25, 0.3) is 21.9 Å². The van der Waals surface area contributed by atoms with Crippen LogP contribution in [0.3, 0.4) is 0 Å². The van der Waals surface area contributed by atoms with Crippen LogP contribution in [0.4, 0.5) is 11.5 Å². The van der Waals surface area contributed by atoms with Crippen molar-refractivity contribution in [3.63, 3.8) is 0 Å². The van der Waals surface area contributed by atoms with Gasteiger partial charge in [-0.3, -0.25) is 10.1 Å². The Hall–Kier alpha value is -3.52. The van der Waals surface area contributed by atoms with Crippen molar-refractivity contribution >= 4 is 33.4 Å². The molecule has 0 aliphatic heterocycles. The highest BCUT2D eigenvalue weighted by atomic mass is 16.6. The van der Waals surface area contributed by atoms with Gasteiger partial charge in [0.05, 0.1) is 16.0 Å². The molecule has 0 bridgehead atoms. The van der Waals surface area contributed by atoms with Crippen molar-refractivity contribution in [2.45, 2.75) is 39.3 Å². The molecule has 2 heterocycles. The number of anilines is 1. The third-order valence-corrected chi connectivity index (χ3v) is 5.33. The molecule has 4 N–H and O–H groups in total. The minimum absolute atomic E-state index is 0.0190. The van der Waals surface area contributed by atoms with Crippen LogP contribution in [-0.4, -0.2) is 19.5 Å². The van der Waals surface area contributed by atoms with Gasteiger partial charge in [0.2, 0.25) is 0 Å². The number of rotatable bonds is 7. The SMILES string of the molecule is CCCCc1nc2c(N)nc3ccc([N+](=O)[O-])cc3c2n1Cc1ccc(CN)cc1. The smallest absolute Gasteiger partial charge is 0.270 e. The molecule has 0 aliphatic rings. The van der Waals surface area contributed by atoms with Gasteiger partial charge in [0.15, 0.2) is 5.82 Å². The quantitative estimate of drug-likeness (QED) is 0.355. The molecule has 154 valence electrons. The number of nitro benzene ring substituents is 1. The number of nitrogens with zero attached hydrogens (tertiary/aromatic N) is 4. The zero-order valence-electron chi connectivity index (χ0n) is 16.8. The van der Waals surface area contributed by atoms with Crippen molar-refractivity contribution in [2.75, 3.05) is 5.73 Å². The van der Waals surface area contributed by atoms with E-state index in [0.29, 0.717) is 35.3 Å². The fraction of sp³-hybridized carbons (Fsp3) is 0.273. The van der Waals surface area contributed by atoms with E-state index < -0.39 is 4.92 Å². The lowest BCUT2D eigenvalue weighted by atomic mass is 10.1. The van der Waals surface area contributed by atoms with E-state index in [9.17, 15) is 10.1 Å². The van der Waals surface area contributed by atoms with E-state index in [1.54, 1.807) is 12.1 Å². The summed E-state index contributed by atoms with van der Waals surface area (Å²) < 4.78 is 2.12. The molecule has 8 heteroatoms. The molecule has 0 saturated carbocycles. The number of nitrogen functional groups attached to an aromatic ring is 1. The number of benzene rings is 2. The second-order valence-electron chi connectivity index (χ2n) is 7.39. The number of aryl methyl sites for hydroxylation is 1. The molecule has 0 aliphatic carbocycles. The molecule has 0 saturated heterocycles. The number of unbranched alkanes of at least 4 members (excludes halogenated alkanes) is 1. The van der Waals surface area contributed by atoms with Crippen molar-refractivity contribution in [1.29, 1.82) is 0 Å². The van der Waals surface area contributed by atoms with Gasteiger partial charge in [-0.05, 0) is 23.6 Å². The van der Waals surface area contributed by atoms with Gasteiger partial charge in [0, 0.05) is 37.0 Å². The Morgan fingerprint density at radius 3 is 2.50 bits per heavy atom. The van der Waals surface area contributed by atoms with Crippen LogP contribution in [0.5, 0.6) is 0 Å². The first kappa shape index (κ1) is 19.8. The van der Waals surface area contributed by atoms with Crippen LogP contribution in [0.2, 0.25) is 0 Å². The van der Waals surface area contributed by atoms with Gasteiger partial charge in [-0.25, -0.2) is 9.97 Å². The monoisotopic (exact) mass is 404 g/mol. The highest BCUT2D eigenvalue weighted by molar-refractivity contribution is 6.07. The van der Waals surface area contributed by atoms with Gasteiger partial charge in [0.1, 0.15) is 11.3 Å². The molecular weight excluding hydrogens is 380 g/mol. The summed E-state index contributed by atoms with van der Waals surface area (Å²) in [5.41, 5.74) is 16.1. The number of imidazole rings is 1. The zero-order valence-corrected chi connectivity index (χ0v) is 16.8. The van der Waals surface area contributed by atoms with Crippen molar-refractivity contribution < 1.29 is 4.92 Å². The van der Waals surface area contributed by atoms with Crippen LogP contribution in [0.15, 0.2) is 42.5 Å². The third-order valence-electron chi connectivity index (χ3n) is 5.33. The van der Waals surface area contributed by atoms with Gasteiger partial charge in [-0.1, -0.05) is 37.6 Å². The van der Waals surface area contributed by atoms with Gasteiger partial charge in [-0.15, -0.1) is 0 Å². The average Bonchev–Trinajstić information content (AvgIpc) is 3.11. The molecule has 0 radical (unpaired) electrons. The molecule has 8 nitrogen and oxygen atoms in total. The van der Waals surface area contributed by atoms with Gasteiger partial charge in [0.25, 0.3) is 5.69 Å². The van der Waals surface area contributed by atoms with Crippen molar-refractivity contribution in [2.24, 2.45) is 5.73 Å². The minimum atomic E-state index is -0.397. The standard InChI is InChI=1S/C22H24N6O2/c1-2-3-4-19-26-20-21(27(19)13-15-7-5-14(12-23)6-8-15)17-11-16(28(29)30)9-10-18(17)25-22(20)24/h5-11H,2-4,12-13,23H2,1H3,(H2,24,25). The molecule has 4 aromatic rings. The number of hydrogen-bond acceptors (Lipinski definition) is 6. The van der Waals surface area contributed by atoms with Gasteiger partial charge >= 0.3 is 0 Å². The van der Waals surface area contributed by atoms with Crippen molar-refractivity contribution in [3.05, 3.63) is 69.5 Å². The molecule has 0 fully saturated rings. The number of non-ortho nitro benzene ring substituents is 1. The summed E-state index contributed by atoms with van der Waals surface area (Å²) >= 11 is 0. The largest absolute Gasteiger partial charge is 0.382 e. The Kier molecular flexibility index (Phi) is 5.33. The zero-order chi connectivity index (χ0) is 21.3. The van der Waals surface area contributed by atoms with Gasteiger partial charge in [-0.2, -0.15) is 0 Å². The number of pyridine rings is 1. The minimum Gasteiger partial charge on any atom is -0.382 e. The first-order valence-electron chi connectivity index (χ1n) is 10.0.